The average Bonchev–Trinajstić information content (AvgIpc) is 3.03. The van der Waals surface area contributed by atoms with Gasteiger partial charge in [0.05, 0.1) is 6.54 Å². The predicted molar refractivity (Wildman–Crippen MR) is 77.3 cm³/mol. The molecule has 0 unspecified atom stereocenters. The van der Waals surface area contributed by atoms with Gasteiger partial charge in [0, 0.05) is 23.4 Å². The first-order chi connectivity index (χ1) is 10.3. The van der Waals surface area contributed by atoms with E-state index in [2.05, 4.69) is 10.2 Å². The molecule has 108 valence electrons. The number of aromatic amines is 1. The summed E-state index contributed by atoms with van der Waals surface area (Å²) in [4.78, 5) is 14.6. The fraction of sp³-hybridized carbons (Fsp3) is 0.375. The Morgan fingerprint density at radius 2 is 2.19 bits per heavy atom. The largest absolute Gasteiger partial charge is 0.491 e. The van der Waals surface area contributed by atoms with Crippen molar-refractivity contribution < 1.29 is 9.53 Å². The third-order valence-electron chi connectivity index (χ3n) is 4.25. The van der Waals surface area contributed by atoms with Gasteiger partial charge >= 0.3 is 0 Å². The van der Waals surface area contributed by atoms with Crippen LogP contribution in [0.3, 0.4) is 0 Å². The first-order valence-corrected chi connectivity index (χ1v) is 7.39. The second-order valence-corrected chi connectivity index (χ2v) is 5.57. The topological polar surface area (TPSA) is 58.2 Å². The van der Waals surface area contributed by atoms with Crippen LogP contribution >= 0.6 is 0 Å². The van der Waals surface area contributed by atoms with Gasteiger partial charge in [-0.2, -0.15) is 5.10 Å². The summed E-state index contributed by atoms with van der Waals surface area (Å²) in [5.74, 6) is 0.884. The van der Waals surface area contributed by atoms with Crippen LogP contribution in [-0.2, 0) is 19.4 Å². The number of para-hydroxylation sites is 1. The van der Waals surface area contributed by atoms with Crippen molar-refractivity contribution in [2.45, 2.75) is 25.8 Å². The quantitative estimate of drug-likeness (QED) is 0.870. The van der Waals surface area contributed by atoms with E-state index in [0.717, 1.165) is 41.8 Å². The minimum absolute atomic E-state index is 0.00898. The number of hydrogen-bond acceptors (Lipinski definition) is 3. The van der Waals surface area contributed by atoms with Crippen molar-refractivity contribution in [2.24, 2.45) is 0 Å². The highest BCUT2D eigenvalue weighted by atomic mass is 16.5. The normalized spacial score (nSPS) is 16.9. The molecule has 0 saturated heterocycles. The number of carbonyl (C=O) groups is 1. The molecule has 5 nitrogen and oxygen atoms in total. The summed E-state index contributed by atoms with van der Waals surface area (Å²) in [6, 6.07) is 7.89. The zero-order chi connectivity index (χ0) is 14.2. The Hall–Kier alpha value is -2.30. The molecule has 2 aromatic rings. The number of carbonyl (C=O) groups excluding carboxylic acids is 1. The lowest BCUT2D eigenvalue weighted by Crippen LogP contribution is -2.33. The fourth-order valence-electron chi connectivity index (χ4n) is 3.15. The van der Waals surface area contributed by atoms with Crippen LogP contribution in [0.2, 0.25) is 0 Å². The van der Waals surface area contributed by atoms with Gasteiger partial charge in [-0.3, -0.25) is 9.89 Å². The van der Waals surface area contributed by atoms with Crippen molar-refractivity contribution in [3.8, 4) is 5.75 Å². The van der Waals surface area contributed by atoms with Gasteiger partial charge in [-0.25, -0.2) is 0 Å². The number of benzene rings is 1. The number of nitrogens with one attached hydrogen (secondary N) is 1. The molecule has 0 spiro atoms. The molecule has 0 atom stereocenters. The maximum absolute atomic E-state index is 12.8. The molecule has 0 fully saturated rings. The first kappa shape index (κ1) is 12.4. The Labute approximate surface area is 122 Å². The maximum atomic E-state index is 12.8. The van der Waals surface area contributed by atoms with Gasteiger partial charge < -0.3 is 9.64 Å². The summed E-state index contributed by atoms with van der Waals surface area (Å²) in [5, 5.41) is 7.25. The Morgan fingerprint density at radius 3 is 3.14 bits per heavy atom. The number of aromatic nitrogens is 2. The molecule has 1 aliphatic carbocycles. The van der Waals surface area contributed by atoms with E-state index in [4.69, 9.17) is 4.74 Å². The van der Waals surface area contributed by atoms with Crippen molar-refractivity contribution in [2.75, 3.05) is 13.2 Å². The molecule has 4 rings (SSSR count). The van der Waals surface area contributed by atoms with Gasteiger partial charge in [0.2, 0.25) is 0 Å². The minimum atomic E-state index is 0.00898. The second kappa shape index (κ2) is 4.91. The van der Waals surface area contributed by atoms with E-state index in [0.29, 0.717) is 25.4 Å². The standard InChI is InChI=1S/C16H17N3O2/c20-16(15-12-5-3-6-13(12)17-18-15)19-8-9-21-14-7-2-1-4-11(14)10-19/h1-2,4,7H,3,5-6,8-10H2,(H,17,18). The zero-order valence-electron chi connectivity index (χ0n) is 11.8. The number of nitrogens with zero attached hydrogens (tertiary/aromatic N) is 2. The molecule has 1 amide bonds. The molecule has 1 aromatic heterocycles. The van der Waals surface area contributed by atoms with Crippen molar-refractivity contribution in [3.05, 3.63) is 46.8 Å². The van der Waals surface area contributed by atoms with E-state index in [1.54, 1.807) is 0 Å². The summed E-state index contributed by atoms with van der Waals surface area (Å²) in [7, 11) is 0. The Kier molecular flexibility index (Phi) is 2.91. The lowest BCUT2D eigenvalue weighted by Gasteiger charge is -2.19. The molecule has 0 bridgehead atoms. The highest BCUT2D eigenvalue weighted by Crippen LogP contribution is 2.26. The third-order valence-corrected chi connectivity index (χ3v) is 4.25. The highest BCUT2D eigenvalue weighted by molar-refractivity contribution is 5.94. The summed E-state index contributed by atoms with van der Waals surface area (Å²) in [6.45, 7) is 1.70. The van der Waals surface area contributed by atoms with Crippen LogP contribution in [0.15, 0.2) is 24.3 Å². The minimum Gasteiger partial charge on any atom is -0.491 e. The van der Waals surface area contributed by atoms with Gasteiger partial charge in [0.15, 0.2) is 5.69 Å². The SMILES string of the molecule is O=C(c1n[nH]c2c1CCC2)N1CCOc2ccccc2C1. The Balaban J connectivity index is 1.63. The van der Waals surface area contributed by atoms with Gasteiger partial charge in [-0.1, -0.05) is 18.2 Å². The number of rotatable bonds is 1. The van der Waals surface area contributed by atoms with Crippen molar-refractivity contribution >= 4 is 5.91 Å². The average molecular weight is 283 g/mol. The summed E-state index contributed by atoms with van der Waals surface area (Å²) < 4.78 is 5.72. The van der Waals surface area contributed by atoms with Gasteiger partial charge in [-0.05, 0) is 25.3 Å². The van der Waals surface area contributed by atoms with Crippen molar-refractivity contribution in [3.63, 3.8) is 0 Å². The van der Waals surface area contributed by atoms with Crippen LogP contribution in [0.1, 0.15) is 33.7 Å². The molecular formula is C16H17N3O2. The van der Waals surface area contributed by atoms with E-state index < -0.39 is 0 Å². The first-order valence-electron chi connectivity index (χ1n) is 7.39. The molecule has 2 aliphatic rings. The molecule has 0 saturated carbocycles. The van der Waals surface area contributed by atoms with E-state index >= 15 is 0 Å². The smallest absolute Gasteiger partial charge is 0.275 e. The molecule has 0 radical (unpaired) electrons. The fourth-order valence-corrected chi connectivity index (χ4v) is 3.15. The van der Waals surface area contributed by atoms with E-state index in [1.165, 1.54) is 0 Å². The highest BCUT2D eigenvalue weighted by Gasteiger charge is 2.28. The predicted octanol–water partition coefficient (Wildman–Crippen LogP) is 1.93. The third kappa shape index (κ3) is 2.09. The van der Waals surface area contributed by atoms with Gasteiger partial charge in [0.1, 0.15) is 12.4 Å². The van der Waals surface area contributed by atoms with Gasteiger partial charge in [-0.15, -0.1) is 0 Å². The molecular weight excluding hydrogens is 266 g/mol. The molecule has 5 heteroatoms. The van der Waals surface area contributed by atoms with Crippen LogP contribution in [-0.4, -0.2) is 34.2 Å². The number of ether oxygens (including phenoxy) is 1. The van der Waals surface area contributed by atoms with Crippen LogP contribution in [0.25, 0.3) is 0 Å². The number of hydrogen-bond donors (Lipinski definition) is 1. The van der Waals surface area contributed by atoms with Crippen LogP contribution in [0.5, 0.6) is 5.75 Å². The summed E-state index contributed by atoms with van der Waals surface area (Å²) in [6.07, 6.45) is 3.06. The monoisotopic (exact) mass is 283 g/mol. The second-order valence-electron chi connectivity index (χ2n) is 5.57. The van der Waals surface area contributed by atoms with Gasteiger partial charge in [0.25, 0.3) is 5.91 Å². The number of amides is 1. The molecule has 21 heavy (non-hydrogen) atoms. The number of fused-ring (bicyclic) bond motifs is 2. The maximum Gasteiger partial charge on any atom is 0.275 e. The molecule has 2 heterocycles. The van der Waals surface area contributed by atoms with E-state index in [9.17, 15) is 4.79 Å². The number of H-pyrrole nitrogens is 1. The summed E-state index contributed by atoms with van der Waals surface area (Å²) in [5.41, 5.74) is 3.89. The summed E-state index contributed by atoms with van der Waals surface area (Å²) >= 11 is 0. The van der Waals surface area contributed by atoms with Crippen molar-refractivity contribution in [1.82, 2.24) is 15.1 Å². The zero-order valence-corrected chi connectivity index (χ0v) is 11.8. The molecule has 1 N–H and O–H groups in total. The van der Waals surface area contributed by atoms with E-state index in [-0.39, 0.29) is 5.91 Å². The lowest BCUT2D eigenvalue weighted by molar-refractivity contribution is 0.0726. The molecule has 1 aromatic carbocycles. The van der Waals surface area contributed by atoms with Crippen molar-refractivity contribution in [1.29, 1.82) is 0 Å². The molecule has 1 aliphatic heterocycles. The van der Waals surface area contributed by atoms with E-state index in [1.807, 2.05) is 29.2 Å². The lowest BCUT2D eigenvalue weighted by atomic mass is 10.1. The Bertz CT molecular complexity index is 693. The van der Waals surface area contributed by atoms with Crippen LogP contribution in [0.4, 0.5) is 0 Å². The Morgan fingerprint density at radius 1 is 1.29 bits per heavy atom. The van der Waals surface area contributed by atoms with Crippen LogP contribution in [0, 0.1) is 0 Å². The number of aryl methyl sites for hydroxylation is 1. The van der Waals surface area contributed by atoms with Crippen LogP contribution < -0.4 is 4.74 Å².